The van der Waals surface area contributed by atoms with Crippen LogP contribution in [0.3, 0.4) is 0 Å². The van der Waals surface area contributed by atoms with Crippen molar-refractivity contribution in [2.45, 2.75) is 71.1 Å². The Balaban J connectivity index is 1.72. The summed E-state index contributed by atoms with van der Waals surface area (Å²) in [6.45, 7) is 8.72. The van der Waals surface area contributed by atoms with Crippen LogP contribution in [0.1, 0.15) is 63.7 Å². The first kappa shape index (κ1) is 21.1. The van der Waals surface area contributed by atoms with Gasteiger partial charge in [-0.2, -0.15) is 4.98 Å². The summed E-state index contributed by atoms with van der Waals surface area (Å²) in [7, 11) is 0. The number of piperidine rings is 1. The molecule has 1 saturated carbocycles. The highest BCUT2D eigenvalue weighted by molar-refractivity contribution is 5.94. The van der Waals surface area contributed by atoms with Crippen molar-refractivity contribution in [3.8, 4) is 0 Å². The Kier molecular flexibility index (Phi) is 6.44. The molecule has 1 aliphatic heterocycles. The molecule has 160 valence electrons. The van der Waals surface area contributed by atoms with Crippen LogP contribution in [-0.4, -0.2) is 64.3 Å². The maximum atomic E-state index is 12.4. The molecular formula is C20H31N5O4. The summed E-state index contributed by atoms with van der Waals surface area (Å²) in [5.41, 5.74) is -0.243. The molecule has 2 heterocycles. The topological polar surface area (TPSA) is 106 Å². The number of amides is 1. The van der Waals surface area contributed by atoms with Crippen LogP contribution in [0, 0.1) is 0 Å². The summed E-state index contributed by atoms with van der Waals surface area (Å²) >= 11 is 0. The number of aromatic nitrogens is 2. The Labute approximate surface area is 171 Å². The molecule has 29 heavy (non-hydrogen) atoms. The highest BCUT2D eigenvalue weighted by Crippen LogP contribution is 2.25. The summed E-state index contributed by atoms with van der Waals surface area (Å²) in [4.78, 5) is 35.2. The molecule has 2 fully saturated rings. The zero-order valence-electron chi connectivity index (χ0n) is 17.7. The van der Waals surface area contributed by atoms with Gasteiger partial charge < -0.3 is 25.0 Å². The maximum Gasteiger partial charge on any atom is 0.410 e. The lowest BCUT2D eigenvalue weighted by Gasteiger charge is -2.34. The molecule has 0 aromatic carbocycles. The van der Waals surface area contributed by atoms with Gasteiger partial charge in [0.05, 0.1) is 6.61 Å². The van der Waals surface area contributed by atoms with Gasteiger partial charge in [0.1, 0.15) is 17.0 Å². The van der Waals surface area contributed by atoms with Crippen LogP contribution in [0.5, 0.6) is 0 Å². The van der Waals surface area contributed by atoms with E-state index in [-0.39, 0.29) is 18.7 Å². The number of ether oxygens (including phenoxy) is 2. The van der Waals surface area contributed by atoms with Gasteiger partial charge in [-0.25, -0.2) is 14.6 Å². The summed E-state index contributed by atoms with van der Waals surface area (Å²) in [6.07, 6.45) is 5.06. The Hall–Kier alpha value is -2.58. The minimum atomic E-state index is -0.537. The molecule has 9 heteroatoms. The van der Waals surface area contributed by atoms with Crippen molar-refractivity contribution in [3.05, 3.63) is 11.8 Å². The number of rotatable bonds is 6. The van der Waals surface area contributed by atoms with Gasteiger partial charge in [0.2, 0.25) is 5.95 Å². The van der Waals surface area contributed by atoms with Crippen molar-refractivity contribution in [1.82, 2.24) is 14.9 Å². The van der Waals surface area contributed by atoms with Crippen molar-refractivity contribution in [3.63, 3.8) is 0 Å². The number of esters is 1. The van der Waals surface area contributed by atoms with E-state index in [4.69, 9.17) is 9.47 Å². The third kappa shape index (κ3) is 6.20. The number of anilines is 2. The molecule has 0 unspecified atom stereocenters. The number of carbonyl (C=O) groups is 2. The molecule has 1 atom stereocenters. The standard InChI is InChI=1S/C20H31N5O4/c1-5-28-17(26)15-11-21-18(23-13-8-9-13)24-16(15)22-14-7-6-10-25(12-14)19(27)29-20(2,3)4/h11,13-14H,5-10,12H2,1-4H3,(H2,21,22,23,24)/t14-/m0/s1. The third-order valence-corrected chi connectivity index (χ3v) is 4.61. The molecule has 3 rings (SSSR count). The SMILES string of the molecule is CCOC(=O)c1cnc(NC2CC2)nc1N[C@H]1CCCN(C(=O)OC(C)(C)C)C1. The van der Waals surface area contributed by atoms with Crippen LogP contribution in [0.2, 0.25) is 0 Å². The quantitative estimate of drug-likeness (QED) is 0.696. The number of nitrogens with zero attached hydrogens (tertiary/aromatic N) is 3. The Morgan fingerprint density at radius 2 is 1.97 bits per heavy atom. The lowest BCUT2D eigenvalue weighted by molar-refractivity contribution is 0.0205. The first-order chi connectivity index (χ1) is 13.7. The predicted molar refractivity (Wildman–Crippen MR) is 109 cm³/mol. The van der Waals surface area contributed by atoms with Gasteiger partial charge in [0.15, 0.2) is 0 Å². The van der Waals surface area contributed by atoms with E-state index in [9.17, 15) is 9.59 Å². The molecule has 0 radical (unpaired) electrons. The summed E-state index contributed by atoms with van der Waals surface area (Å²) in [5, 5.41) is 6.57. The number of carbonyl (C=O) groups excluding carboxylic acids is 2. The van der Waals surface area contributed by atoms with E-state index in [1.54, 1.807) is 11.8 Å². The van der Waals surface area contributed by atoms with Crippen molar-refractivity contribution in [2.75, 3.05) is 30.3 Å². The molecule has 2 aliphatic rings. The average molecular weight is 405 g/mol. The van der Waals surface area contributed by atoms with Crippen molar-refractivity contribution < 1.29 is 19.1 Å². The second-order valence-electron chi connectivity index (χ2n) is 8.50. The van der Waals surface area contributed by atoms with E-state index in [2.05, 4.69) is 20.6 Å². The minimum Gasteiger partial charge on any atom is -0.462 e. The van der Waals surface area contributed by atoms with Gasteiger partial charge in [-0.15, -0.1) is 0 Å². The van der Waals surface area contributed by atoms with Crippen molar-refractivity contribution in [2.24, 2.45) is 0 Å². The molecule has 1 aromatic heterocycles. The van der Waals surface area contributed by atoms with Crippen molar-refractivity contribution in [1.29, 1.82) is 0 Å². The van der Waals surface area contributed by atoms with Gasteiger partial charge in [0.25, 0.3) is 0 Å². The third-order valence-electron chi connectivity index (χ3n) is 4.61. The van der Waals surface area contributed by atoms with Crippen LogP contribution in [-0.2, 0) is 9.47 Å². The average Bonchev–Trinajstić information content (AvgIpc) is 3.45. The van der Waals surface area contributed by atoms with Crippen molar-refractivity contribution >= 4 is 23.8 Å². The lowest BCUT2D eigenvalue weighted by Crippen LogP contribution is -2.47. The highest BCUT2D eigenvalue weighted by Gasteiger charge is 2.29. The van der Waals surface area contributed by atoms with Gasteiger partial charge in [0, 0.05) is 31.4 Å². The number of likely N-dealkylation sites (tertiary alicyclic amines) is 1. The Morgan fingerprint density at radius 3 is 2.62 bits per heavy atom. The molecule has 0 spiro atoms. The fourth-order valence-electron chi connectivity index (χ4n) is 3.11. The molecule has 1 aromatic rings. The number of nitrogens with one attached hydrogen (secondary N) is 2. The zero-order valence-corrected chi connectivity index (χ0v) is 17.7. The fraction of sp³-hybridized carbons (Fsp3) is 0.700. The van der Waals surface area contributed by atoms with E-state index in [1.165, 1.54) is 6.20 Å². The highest BCUT2D eigenvalue weighted by atomic mass is 16.6. The van der Waals surface area contributed by atoms with Crippen LogP contribution in [0.25, 0.3) is 0 Å². The van der Waals surface area contributed by atoms with Gasteiger partial charge in [-0.3, -0.25) is 0 Å². The first-order valence-electron chi connectivity index (χ1n) is 10.3. The zero-order chi connectivity index (χ0) is 21.0. The second kappa shape index (κ2) is 8.84. The molecule has 2 N–H and O–H groups in total. The van der Waals surface area contributed by atoms with E-state index in [1.807, 2.05) is 20.8 Å². The van der Waals surface area contributed by atoms with Gasteiger partial charge >= 0.3 is 12.1 Å². The molecular weight excluding hydrogens is 374 g/mol. The summed E-state index contributed by atoms with van der Waals surface area (Å²) in [5.74, 6) is 0.452. The smallest absolute Gasteiger partial charge is 0.410 e. The predicted octanol–water partition coefficient (Wildman–Crippen LogP) is 3.04. The number of hydrogen-bond acceptors (Lipinski definition) is 8. The normalized spacial score (nSPS) is 19.4. The van der Waals surface area contributed by atoms with Crippen LogP contribution >= 0.6 is 0 Å². The summed E-state index contributed by atoms with van der Waals surface area (Å²) < 4.78 is 10.6. The second-order valence-corrected chi connectivity index (χ2v) is 8.50. The van der Waals surface area contributed by atoms with Crippen LogP contribution in [0.15, 0.2) is 6.20 Å². The Morgan fingerprint density at radius 1 is 1.21 bits per heavy atom. The van der Waals surface area contributed by atoms with E-state index in [0.29, 0.717) is 36.5 Å². The molecule has 9 nitrogen and oxygen atoms in total. The van der Waals surface area contributed by atoms with E-state index < -0.39 is 11.6 Å². The Bertz CT molecular complexity index is 745. The minimum absolute atomic E-state index is 0.0480. The molecule has 1 aliphatic carbocycles. The lowest BCUT2D eigenvalue weighted by atomic mass is 10.1. The fourth-order valence-corrected chi connectivity index (χ4v) is 3.11. The van der Waals surface area contributed by atoms with Gasteiger partial charge in [-0.1, -0.05) is 0 Å². The number of hydrogen-bond donors (Lipinski definition) is 2. The van der Waals surface area contributed by atoms with E-state index in [0.717, 1.165) is 25.7 Å². The monoisotopic (exact) mass is 405 g/mol. The largest absolute Gasteiger partial charge is 0.462 e. The van der Waals surface area contributed by atoms with Crippen LogP contribution in [0.4, 0.5) is 16.6 Å². The first-order valence-corrected chi connectivity index (χ1v) is 10.3. The maximum absolute atomic E-state index is 12.4. The molecule has 1 amide bonds. The molecule has 0 bridgehead atoms. The summed E-state index contributed by atoms with van der Waals surface area (Å²) in [6, 6.07) is 0.349. The van der Waals surface area contributed by atoms with Gasteiger partial charge in [-0.05, 0) is 53.4 Å². The van der Waals surface area contributed by atoms with Crippen LogP contribution < -0.4 is 10.6 Å². The van der Waals surface area contributed by atoms with E-state index >= 15 is 0 Å². The molecule has 1 saturated heterocycles.